The van der Waals surface area contributed by atoms with E-state index < -0.39 is 74.1 Å². The number of para-hydroxylation sites is 1. The number of aromatic carboxylic acids is 1. The Bertz CT molecular complexity index is 4560. The van der Waals surface area contributed by atoms with Crippen molar-refractivity contribution in [2.24, 2.45) is 16.2 Å². The number of amides is 5. The topological polar surface area (TPSA) is 428 Å². The summed E-state index contributed by atoms with van der Waals surface area (Å²) in [6.45, 7) is 10.3. The van der Waals surface area contributed by atoms with Crippen molar-refractivity contribution in [2.45, 2.75) is 179 Å². The first-order valence-electron chi connectivity index (χ1n) is 38.2. The Balaban J connectivity index is 0.611. The number of carbonyl (C=O) groups is 7. The number of thiazole rings is 1. The highest BCUT2D eigenvalue weighted by molar-refractivity contribution is 7.51. The lowest BCUT2D eigenvalue weighted by Crippen LogP contribution is -2.64. The van der Waals surface area contributed by atoms with E-state index in [1.807, 2.05) is 65.0 Å². The Kier molecular flexibility index (Phi) is 24.7. The van der Waals surface area contributed by atoms with Crippen LogP contribution in [-0.4, -0.2) is 230 Å². The maximum atomic E-state index is 13.9. The van der Waals surface area contributed by atoms with Crippen LogP contribution in [-0.2, 0) is 57.5 Å². The molecular formula is C79H98N11O20PS. The standard InChI is InChI=1S/C79H98N11O20PS/c1-48-54(52-19-21-60(84-65(52)71(99)100)88-31-25-50-13-9-14-53(55(50)40-88)70(98)85-74-83-56-15-6-7-16-59(56)112-74)39-81-90(48)47-78-42-76(2)41-77(3,43-78)45-79(44-76,46-78)108-36-34-86(29-11-37-111(104,105)106)51-26-32-87(33-27-51)75(103)107-35-10-12-49-18-20-58(109-73-68(97)66(95)67(96)69(110-73)72(101)102)57(38-49)82-62(92)24-28-80-61(91)17-5-4-8-30-89-63(93)22-23-64(89)94/h6-7,9-10,12-16,18-23,38-39,51,61,66-69,73,80,91,95-97H,4-5,8,11,17,24-37,40-47H2,1-3H3,(H,82,92)(H,99,100)(H,101,102)(H,83,85,98)(H2,104,105,106)/b12-10+/t61?,66-,67-,68+,69-,73+,76?,77?,78?,79?/m0/s1. The van der Waals surface area contributed by atoms with Gasteiger partial charge in [0, 0.05) is 99.4 Å². The van der Waals surface area contributed by atoms with Gasteiger partial charge in [-0.15, -0.1) is 0 Å². The molecule has 3 aromatic heterocycles. The number of aliphatic hydroxyl groups excluding tert-OH is 4. The van der Waals surface area contributed by atoms with E-state index in [2.05, 4.69) is 39.7 Å². The summed E-state index contributed by atoms with van der Waals surface area (Å²) in [5.41, 5.74) is 4.83. The lowest BCUT2D eigenvalue weighted by atomic mass is 9.39. The maximum Gasteiger partial charge on any atom is 0.410 e. The van der Waals surface area contributed by atoms with Gasteiger partial charge in [-0.3, -0.25) is 48.9 Å². The van der Waals surface area contributed by atoms with Gasteiger partial charge in [0.2, 0.25) is 12.2 Å². The lowest BCUT2D eigenvalue weighted by molar-refractivity contribution is -0.271. The van der Waals surface area contributed by atoms with Gasteiger partial charge >= 0.3 is 25.6 Å². The molecule has 14 rings (SSSR count). The van der Waals surface area contributed by atoms with E-state index in [9.17, 15) is 78.6 Å². The van der Waals surface area contributed by atoms with Crippen LogP contribution in [0.1, 0.15) is 147 Å². The molecular weight excluding hydrogens is 1490 g/mol. The monoisotopic (exact) mass is 1580 g/mol. The maximum absolute atomic E-state index is 13.9. The molecule has 3 aromatic carbocycles. The number of anilines is 3. The number of imide groups is 1. The first kappa shape index (κ1) is 81.1. The molecule has 2 saturated heterocycles. The van der Waals surface area contributed by atoms with Crippen molar-refractivity contribution >= 4 is 93.5 Å². The molecule has 6 fully saturated rings. The van der Waals surface area contributed by atoms with Crippen molar-refractivity contribution in [1.29, 1.82) is 0 Å². The van der Waals surface area contributed by atoms with E-state index in [1.165, 1.54) is 35.6 Å². The van der Waals surface area contributed by atoms with Crippen LogP contribution in [0.3, 0.4) is 0 Å². The average Bonchev–Trinajstić information content (AvgIpc) is 0.780. The number of rotatable bonds is 33. The van der Waals surface area contributed by atoms with E-state index in [-0.39, 0.29) is 95.8 Å². The molecule has 4 bridgehead atoms. The molecule has 3 unspecified atom stereocenters. The Hall–Kier alpha value is -8.89. The highest BCUT2D eigenvalue weighted by atomic mass is 32.1. The van der Waals surface area contributed by atoms with E-state index in [4.69, 9.17) is 29.0 Å². The fourth-order valence-electron chi connectivity index (χ4n) is 18.8. The fraction of sp³-hybridized carbons (Fsp3) is 0.519. The summed E-state index contributed by atoms with van der Waals surface area (Å²) in [6, 6.07) is 21.5. The van der Waals surface area contributed by atoms with Crippen LogP contribution in [0.15, 0.2) is 97.2 Å². The minimum atomic E-state index is -4.31. The van der Waals surface area contributed by atoms with Gasteiger partial charge in [0.1, 0.15) is 42.7 Å². The molecule has 600 valence electrons. The third-order valence-corrected chi connectivity index (χ3v) is 24.7. The van der Waals surface area contributed by atoms with Crippen LogP contribution in [0.25, 0.3) is 27.4 Å². The second kappa shape index (κ2) is 34.0. The normalized spacial score (nSPS) is 25.3. The molecule has 11 N–H and O–H groups in total. The molecule has 4 aliphatic carbocycles. The fourth-order valence-corrected chi connectivity index (χ4v) is 20.2. The Morgan fingerprint density at radius 2 is 1.59 bits per heavy atom. The highest BCUT2D eigenvalue weighted by Crippen LogP contribution is 2.72. The zero-order valence-corrected chi connectivity index (χ0v) is 64.6. The number of nitrogens with zero attached hydrogens (tertiary/aromatic N) is 8. The molecule has 7 heterocycles. The lowest BCUT2D eigenvalue weighted by Gasteiger charge is -2.69. The third kappa shape index (κ3) is 19.0. The Morgan fingerprint density at radius 1 is 0.830 bits per heavy atom. The highest BCUT2D eigenvalue weighted by Gasteiger charge is 2.66. The number of aliphatic hydroxyl groups is 4. The minimum Gasteiger partial charge on any atom is -0.479 e. The number of carbonyl (C=O) groups excluding carboxylic acids is 5. The number of pyridine rings is 1. The number of likely N-dealkylation sites (tertiary alicyclic amines) is 1. The SMILES string of the molecule is Cc1c(-c2ccc(N3CCc4cccc(C(=O)Nc5nc6ccccc6s5)c4C3)nc2C(=O)O)cnn1CC12CC3(C)CC(C)(C1)CC(OCCN(CCCP(=O)(O)O)C1CCN(C(=O)OC/C=C/c4ccc(O[C@@H]5O[C@H](C(=O)O)[C@@H](O)[C@H](O)[C@H]5O)c(NC(=O)CCNC(O)CCCCCN5C(=O)C=CC5=O)c4)CC1)(C3)C2. The summed E-state index contributed by atoms with van der Waals surface area (Å²) in [4.78, 5) is 126. The summed E-state index contributed by atoms with van der Waals surface area (Å²) in [7, 11) is -4.31. The molecule has 5 amide bonds. The summed E-state index contributed by atoms with van der Waals surface area (Å²) in [5, 5.41) is 76.6. The second-order valence-electron chi connectivity index (χ2n) is 31.8. The van der Waals surface area contributed by atoms with Crippen molar-refractivity contribution < 1.29 is 97.5 Å². The number of fused-ring (bicyclic) bond motifs is 2. The molecule has 6 aromatic rings. The second-order valence-corrected chi connectivity index (χ2v) is 34.6. The average molecular weight is 1580 g/mol. The van der Waals surface area contributed by atoms with Crippen LogP contribution < -0.4 is 25.6 Å². The predicted octanol–water partition coefficient (Wildman–Crippen LogP) is 7.69. The minimum absolute atomic E-state index is 0.0310. The van der Waals surface area contributed by atoms with Gasteiger partial charge < -0.3 is 74.5 Å². The third-order valence-electron chi connectivity index (χ3n) is 22.8. The largest absolute Gasteiger partial charge is 0.479 e. The molecule has 112 heavy (non-hydrogen) atoms. The molecule has 8 aliphatic rings. The van der Waals surface area contributed by atoms with Crippen molar-refractivity contribution in [3.05, 3.63) is 131 Å². The first-order valence-corrected chi connectivity index (χ1v) is 40.8. The zero-order chi connectivity index (χ0) is 79.4. The zero-order valence-electron chi connectivity index (χ0n) is 62.9. The summed E-state index contributed by atoms with van der Waals surface area (Å²) in [5.74, 6) is -3.97. The number of unbranched alkanes of at least 4 members (excludes halogenated alkanes) is 2. The number of carboxylic acids is 2. The van der Waals surface area contributed by atoms with Crippen molar-refractivity contribution in [3.63, 3.8) is 0 Å². The molecule has 4 saturated carbocycles. The molecule has 0 spiro atoms. The number of aromatic nitrogens is 4. The molecule has 0 radical (unpaired) electrons. The number of piperidine rings is 1. The number of nitrogens with one attached hydrogen (secondary N) is 3. The number of ether oxygens (including phenoxy) is 4. The Morgan fingerprint density at radius 3 is 2.32 bits per heavy atom. The quantitative estimate of drug-likeness (QED) is 0.00813. The van der Waals surface area contributed by atoms with E-state index in [0.717, 1.165) is 70.5 Å². The van der Waals surface area contributed by atoms with Crippen LogP contribution in [0.2, 0.25) is 0 Å². The van der Waals surface area contributed by atoms with Gasteiger partial charge in [0.15, 0.2) is 16.9 Å². The van der Waals surface area contributed by atoms with Crippen molar-refractivity contribution in [1.82, 2.24) is 39.8 Å². The van der Waals surface area contributed by atoms with Gasteiger partial charge in [0.05, 0.1) is 40.5 Å². The molecule has 33 heteroatoms. The predicted molar refractivity (Wildman–Crippen MR) is 412 cm³/mol. The van der Waals surface area contributed by atoms with E-state index in [1.54, 1.807) is 35.4 Å². The Labute approximate surface area is 651 Å². The van der Waals surface area contributed by atoms with Gasteiger partial charge in [-0.25, -0.2) is 24.4 Å². The smallest absolute Gasteiger partial charge is 0.410 e. The number of hydrogen-bond donors (Lipinski definition) is 11. The summed E-state index contributed by atoms with van der Waals surface area (Å²) < 4.78 is 39.3. The van der Waals surface area contributed by atoms with Gasteiger partial charge in [-0.05, 0) is 178 Å². The van der Waals surface area contributed by atoms with Gasteiger partial charge in [-0.1, -0.05) is 68.0 Å². The molecule has 31 nitrogen and oxygen atoms in total. The van der Waals surface area contributed by atoms with Crippen LogP contribution >= 0.6 is 18.9 Å². The van der Waals surface area contributed by atoms with Crippen LogP contribution in [0.5, 0.6) is 5.75 Å². The first-order chi connectivity index (χ1) is 53.4. The van der Waals surface area contributed by atoms with Crippen LogP contribution in [0.4, 0.5) is 21.4 Å². The molecule has 8 atom stereocenters. The van der Waals surface area contributed by atoms with Gasteiger partial charge in [-0.2, -0.15) is 5.10 Å². The van der Waals surface area contributed by atoms with Crippen molar-refractivity contribution in [2.75, 3.05) is 80.7 Å². The number of benzene rings is 3. The number of hydrogen-bond acceptors (Lipinski definition) is 23. The number of carboxylic acid groups (broad SMARTS) is 2. The summed E-state index contributed by atoms with van der Waals surface area (Å²) >= 11 is 1.40. The summed E-state index contributed by atoms with van der Waals surface area (Å²) in [6.07, 6.45) is 5.37. The van der Waals surface area contributed by atoms with Crippen molar-refractivity contribution in [3.8, 4) is 16.9 Å². The van der Waals surface area contributed by atoms with Gasteiger partial charge in [0.25, 0.3) is 17.7 Å². The van der Waals surface area contributed by atoms with Crippen LogP contribution in [0, 0.1) is 23.2 Å². The van der Waals surface area contributed by atoms with E-state index in [0.29, 0.717) is 131 Å². The number of aliphatic carboxylic acids is 1. The molecule has 4 aliphatic heterocycles. The van der Waals surface area contributed by atoms with E-state index >= 15 is 0 Å².